The van der Waals surface area contributed by atoms with Crippen molar-refractivity contribution in [3.8, 4) is 11.5 Å². The number of phenolic OH excluding ortho intramolecular Hbond substituents is 1. The number of rotatable bonds is 4. The molecule has 0 spiro atoms. The molecule has 0 unspecified atom stereocenters. The predicted octanol–water partition coefficient (Wildman–Crippen LogP) is -0.0549. The highest BCUT2D eigenvalue weighted by atomic mass is 16.5. The summed E-state index contributed by atoms with van der Waals surface area (Å²) >= 11 is 0. The number of aromatic carboxylic acids is 1. The summed E-state index contributed by atoms with van der Waals surface area (Å²) in [5.74, 6) is -3.69. The first-order valence-corrected chi connectivity index (χ1v) is 4.54. The molecule has 92 valence electrons. The number of carbonyl (C=O) groups excluding carboxylic acids is 1. The molecule has 17 heavy (non-hydrogen) atoms. The first-order valence-electron chi connectivity index (χ1n) is 4.54. The molecule has 1 aromatic rings. The van der Waals surface area contributed by atoms with E-state index in [9.17, 15) is 19.8 Å². The minimum atomic E-state index is -1.44. The molecule has 0 atom stereocenters. The summed E-state index contributed by atoms with van der Waals surface area (Å²) in [6, 6.07) is 1.53. The van der Waals surface area contributed by atoms with E-state index in [1.54, 1.807) is 0 Å². The van der Waals surface area contributed by atoms with Gasteiger partial charge < -0.3 is 25.2 Å². The van der Waals surface area contributed by atoms with E-state index in [1.165, 1.54) is 0 Å². The summed E-state index contributed by atoms with van der Waals surface area (Å²) in [6.45, 7) is -0.647. The highest BCUT2D eigenvalue weighted by Crippen LogP contribution is 2.27. The molecule has 0 amide bonds. The first kappa shape index (κ1) is 12.8. The molecule has 0 heterocycles. The topological polar surface area (TPSA) is 124 Å². The molecule has 1 rings (SSSR count). The maximum Gasteiger partial charge on any atom is 0.342 e. The fraction of sp³-hybridized carbons (Fsp3) is 0.200. The van der Waals surface area contributed by atoms with Gasteiger partial charge in [0.25, 0.3) is 0 Å². The number of aliphatic hydroxyl groups excluding tert-OH is 1. The quantitative estimate of drug-likeness (QED) is 0.430. The minimum Gasteiger partial charge on any atom is -0.507 e. The standard InChI is InChI=1S/C10H10O7/c11-1-2-17-10(16)6-4-7(12)5(9(14)15)3-8(6)13/h3-4,11-13H,1-2H2,(H,14,15). The zero-order chi connectivity index (χ0) is 13.0. The van der Waals surface area contributed by atoms with Crippen LogP contribution in [0, 0.1) is 0 Å². The number of carboxylic acid groups (broad SMARTS) is 1. The van der Waals surface area contributed by atoms with E-state index < -0.39 is 29.0 Å². The Bertz CT molecular complexity index is 452. The average molecular weight is 242 g/mol. The second kappa shape index (κ2) is 5.17. The molecule has 4 N–H and O–H groups in total. The molecule has 0 aliphatic heterocycles. The number of carboxylic acids is 1. The fourth-order valence-electron chi connectivity index (χ4n) is 1.13. The lowest BCUT2D eigenvalue weighted by Crippen LogP contribution is -2.09. The van der Waals surface area contributed by atoms with Gasteiger partial charge in [-0.2, -0.15) is 0 Å². The van der Waals surface area contributed by atoms with Crippen molar-refractivity contribution in [2.75, 3.05) is 13.2 Å². The van der Waals surface area contributed by atoms with Crippen LogP contribution in [0.3, 0.4) is 0 Å². The Morgan fingerprint density at radius 3 is 2.18 bits per heavy atom. The minimum absolute atomic E-state index is 0.264. The van der Waals surface area contributed by atoms with Gasteiger partial charge in [0.15, 0.2) is 0 Å². The SMILES string of the molecule is O=C(O)c1cc(O)c(C(=O)OCCO)cc1O. The highest BCUT2D eigenvalue weighted by Gasteiger charge is 2.19. The number of aliphatic hydroxyl groups is 1. The predicted molar refractivity (Wildman–Crippen MR) is 54.1 cm³/mol. The normalized spacial score (nSPS) is 9.94. The number of carbonyl (C=O) groups is 2. The van der Waals surface area contributed by atoms with Crippen LogP contribution in [0.2, 0.25) is 0 Å². The lowest BCUT2D eigenvalue weighted by Gasteiger charge is -2.07. The molecule has 0 aliphatic carbocycles. The third-order valence-corrected chi connectivity index (χ3v) is 1.89. The Morgan fingerprint density at radius 1 is 1.12 bits per heavy atom. The van der Waals surface area contributed by atoms with Gasteiger partial charge in [0, 0.05) is 0 Å². The molecule has 0 saturated carbocycles. The highest BCUT2D eigenvalue weighted by molar-refractivity contribution is 5.97. The van der Waals surface area contributed by atoms with Crippen molar-refractivity contribution in [2.24, 2.45) is 0 Å². The van der Waals surface area contributed by atoms with Crippen molar-refractivity contribution in [2.45, 2.75) is 0 Å². The molecule has 0 aromatic heterocycles. The van der Waals surface area contributed by atoms with Crippen LogP contribution in [0.1, 0.15) is 20.7 Å². The number of esters is 1. The van der Waals surface area contributed by atoms with E-state index in [-0.39, 0.29) is 18.8 Å². The Morgan fingerprint density at radius 2 is 1.65 bits per heavy atom. The summed E-state index contributed by atoms with van der Waals surface area (Å²) < 4.78 is 4.51. The second-order valence-electron chi connectivity index (χ2n) is 3.05. The van der Waals surface area contributed by atoms with Crippen molar-refractivity contribution in [1.82, 2.24) is 0 Å². The average Bonchev–Trinajstić information content (AvgIpc) is 2.28. The maximum atomic E-state index is 11.3. The van der Waals surface area contributed by atoms with Crippen LogP contribution in [-0.2, 0) is 4.74 Å². The summed E-state index contributed by atoms with van der Waals surface area (Å²) in [5, 5.41) is 35.8. The smallest absolute Gasteiger partial charge is 0.342 e. The van der Waals surface area contributed by atoms with Gasteiger partial charge in [-0.25, -0.2) is 9.59 Å². The zero-order valence-corrected chi connectivity index (χ0v) is 8.58. The lowest BCUT2D eigenvalue weighted by atomic mass is 10.1. The third kappa shape index (κ3) is 2.85. The molecular formula is C10H10O7. The molecule has 0 fully saturated rings. The molecule has 0 aliphatic rings. The zero-order valence-electron chi connectivity index (χ0n) is 8.58. The van der Waals surface area contributed by atoms with E-state index in [0.29, 0.717) is 0 Å². The van der Waals surface area contributed by atoms with E-state index in [1.807, 2.05) is 0 Å². The van der Waals surface area contributed by atoms with Gasteiger partial charge in [0.1, 0.15) is 29.2 Å². The van der Waals surface area contributed by atoms with Crippen molar-refractivity contribution in [3.63, 3.8) is 0 Å². The van der Waals surface area contributed by atoms with Crippen LogP contribution in [0.5, 0.6) is 11.5 Å². The number of phenols is 2. The van der Waals surface area contributed by atoms with E-state index in [4.69, 9.17) is 10.2 Å². The van der Waals surface area contributed by atoms with Crippen molar-refractivity contribution < 1.29 is 34.8 Å². The van der Waals surface area contributed by atoms with E-state index in [0.717, 1.165) is 12.1 Å². The Balaban J connectivity index is 3.07. The van der Waals surface area contributed by atoms with Crippen molar-refractivity contribution in [1.29, 1.82) is 0 Å². The molecule has 7 nitrogen and oxygen atoms in total. The van der Waals surface area contributed by atoms with Gasteiger partial charge in [0.05, 0.1) is 6.61 Å². The summed E-state index contributed by atoms with van der Waals surface area (Å²) in [5.41, 5.74) is -0.901. The monoisotopic (exact) mass is 242 g/mol. The van der Waals surface area contributed by atoms with Gasteiger partial charge in [-0.15, -0.1) is 0 Å². The van der Waals surface area contributed by atoms with Crippen LogP contribution in [0.25, 0.3) is 0 Å². The number of ether oxygens (including phenoxy) is 1. The molecule has 0 saturated heterocycles. The number of hydrogen-bond donors (Lipinski definition) is 4. The van der Waals surface area contributed by atoms with Crippen LogP contribution >= 0.6 is 0 Å². The van der Waals surface area contributed by atoms with E-state index in [2.05, 4.69) is 4.74 Å². The Labute approximate surface area is 95.5 Å². The number of benzene rings is 1. The molecule has 7 heteroatoms. The molecule has 0 bridgehead atoms. The maximum absolute atomic E-state index is 11.3. The van der Waals surface area contributed by atoms with Crippen LogP contribution in [-0.4, -0.2) is 45.6 Å². The molecule has 1 aromatic carbocycles. The summed E-state index contributed by atoms with van der Waals surface area (Å²) in [6.07, 6.45) is 0. The molecular weight excluding hydrogens is 232 g/mol. The summed E-state index contributed by atoms with van der Waals surface area (Å²) in [4.78, 5) is 21.9. The lowest BCUT2D eigenvalue weighted by molar-refractivity contribution is 0.0429. The van der Waals surface area contributed by atoms with Crippen LogP contribution in [0.4, 0.5) is 0 Å². The van der Waals surface area contributed by atoms with Crippen molar-refractivity contribution in [3.05, 3.63) is 23.3 Å². The van der Waals surface area contributed by atoms with Gasteiger partial charge in [-0.05, 0) is 12.1 Å². The fourth-order valence-corrected chi connectivity index (χ4v) is 1.13. The number of hydrogen-bond acceptors (Lipinski definition) is 6. The Hall–Kier alpha value is -2.28. The third-order valence-electron chi connectivity index (χ3n) is 1.89. The number of aromatic hydroxyl groups is 2. The van der Waals surface area contributed by atoms with Crippen LogP contribution in [0.15, 0.2) is 12.1 Å². The van der Waals surface area contributed by atoms with Gasteiger partial charge in [0.2, 0.25) is 0 Å². The Kier molecular flexibility index (Phi) is 3.89. The van der Waals surface area contributed by atoms with Gasteiger partial charge in [-0.1, -0.05) is 0 Å². The second-order valence-corrected chi connectivity index (χ2v) is 3.05. The van der Waals surface area contributed by atoms with Gasteiger partial charge in [-0.3, -0.25) is 0 Å². The van der Waals surface area contributed by atoms with Gasteiger partial charge >= 0.3 is 11.9 Å². The first-order chi connectivity index (χ1) is 7.97. The summed E-state index contributed by atoms with van der Waals surface area (Å²) in [7, 11) is 0. The van der Waals surface area contributed by atoms with Crippen LogP contribution < -0.4 is 0 Å². The van der Waals surface area contributed by atoms with Crippen molar-refractivity contribution >= 4 is 11.9 Å². The largest absolute Gasteiger partial charge is 0.507 e. The molecule has 0 radical (unpaired) electrons. The van der Waals surface area contributed by atoms with E-state index >= 15 is 0 Å².